The van der Waals surface area contributed by atoms with Gasteiger partial charge in [-0.3, -0.25) is 0 Å². The van der Waals surface area contributed by atoms with Crippen LogP contribution in [-0.2, 0) is 0 Å². The van der Waals surface area contributed by atoms with E-state index in [-0.39, 0.29) is 0 Å². The molecule has 3 aromatic heterocycles. The third kappa shape index (κ3) is 5.43. The largest absolute Gasteiger partial charge is 0.436 e. The van der Waals surface area contributed by atoms with Gasteiger partial charge in [-0.2, -0.15) is 0 Å². The Hall–Kier alpha value is -7.70. The molecule has 56 heavy (non-hydrogen) atoms. The summed E-state index contributed by atoms with van der Waals surface area (Å²) in [6, 6.07) is 64.8. The highest BCUT2D eigenvalue weighted by Gasteiger charge is 2.19. The minimum atomic E-state index is 0.623. The first-order valence-corrected chi connectivity index (χ1v) is 18.6. The van der Waals surface area contributed by atoms with E-state index in [1.807, 2.05) is 84.9 Å². The summed E-state index contributed by atoms with van der Waals surface area (Å²) >= 11 is 0. The summed E-state index contributed by atoms with van der Waals surface area (Å²) in [4.78, 5) is 19.7. The lowest BCUT2D eigenvalue weighted by atomic mass is 9.99. The van der Waals surface area contributed by atoms with Gasteiger partial charge < -0.3 is 8.98 Å². The molecule has 0 radical (unpaired) electrons. The first kappa shape index (κ1) is 31.8. The van der Waals surface area contributed by atoms with Crippen LogP contribution in [0, 0.1) is 0 Å². The molecule has 8 aromatic carbocycles. The third-order valence-electron chi connectivity index (χ3n) is 10.5. The van der Waals surface area contributed by atoms with Crippen LogP contribution in [0.3, 0.4) is 0 Å². The number of aromatic nitrogens is 5. The molecule has 0 spiro atoms. The highest BCUT2D eigenvalue weighted by atomic mass is 16.3. The van der Waals surface area contributed by atoms with E-state index in [2.05, 4.69) is 108 Å². The highest BCUT2D eigenvalue weighted by Crippen LogP contribution is 2.39. The van der Waals surface area contributed by atoms with Crippen LogP contribution in [0.4, 0.5) is 0 Å². The average molecular weight is 718 g/mol. The second-order valence-electron chi connectivity index (χ2n) is 13.9. The molecule has 0 bridgehead atoms. The molecule has 0 saturated carbocycles. The van der Waals surface area contributed by atoms with Crippen molar-refractivity contribution in [3.05, 3.63) is 188 Å². The van der Waals surface area contributed by atoms with Crippen LogP contribution >= 0.6 is 0 Å². The Morgan fingerprint density at radius 1 is 0.393 bits per heavy atom. The zero-order chi connectivity index (χ0) is 37.0. The molecule has 6 nitrogen and oxygen atoms in total. The van der Waals surface area contributed by atoms with Crippen molar-refractivity contribution in [3.8, 4) is 62.4 Å². The molecule has 0 fully saturated rings. The summed E-state index contributed by atoms with van der Waals surface area (Å²) in [7, 11) is 0. The van der Waals surface area contributed by atoms with Crippen molar-refractivity contribution < 1.29 is 4.42 Å². The lowest BCUT2D eigenvalue weighted by Gasteiger charge is -2.11. The Kier molecular flexibility index (Phi) is 7.38. The molecular formula is C50H31N5O. The predicted octanol–water partition coefficient (Wildman–Crippen LogP) is 12.6. The maximum atomic E-state index is 6.27. The van der Waals surface area contributed by atoms with E-state index in [9.17, 15) is 0 Å². The van der Waals surface area contributed by atoms with Gasteiger partial charge in [0.15, 0.2) is 23.1 Å². The molecule has 11 rings (SSSR count). The van der Waals surface area contributed by atoms with Gasteiger partial charge in [-0.1, -0.05) is 133 Å². The summed E-state index contributed by atoms with van der Waals surface area (Å²) in [5.74, 6) is 2.56. The summed E-state index contributed by atoms with van der Waals surface area (Å²) in [6.07, 6.45) is 0. The Bertz CT molecular complexity index is 3150. The predicted molar refractivity (Wildman–Crippen MR) is 226 cm³/mol. The van der Waals surface area contributed by atoms with Gasteiger partial charge in [-0.25, -0.2) is 19.9 Å². The van der Waals surface area contributed by atoms with Crippen LogP contribution in [0.15, 0.2) is 192 Å². The molecule has 0 unspecified atom stereocenters. The lowest BCUT2D eigenvalue weighted by molar-refractivity contribution is 0.620. The van der Waals surface area contributed by atoms with Crippen molar-refractivity contribution in [3.63, 3.8) is 0 Å². The first-order valence-electron chi connectivity index (χ1n) is 18.6. The zero-order valence-electron chi connectivity index (χ0n) is 30.0. The van der Waals surface area contributed by atoms with Crippen molar-refractivity contribution in [2.24, 2.45) is 0 Å². The van der Waals surface area contributed by atoms with Crippen LogP contribution in [0.2, 0.25) is 0 Å². The third-order valence-corrected chi connectivity index (χ3v) is 10.5. The smallest absolute Gasteiger partial charge is 0.228 e. The average Bonchev–Trinajstić information content (AvgIpc) is 3.86. The van der Waals surface area contributed by atoms with Crippen molar-refractivity contribution in [1.82, 2.24) is 24.5 Å². The maximum Gasteiger partial charge on any atom is 0.228 e. The van der Waals surface area contributed by atoms with Crippen molar-refractivity contribution in [1.29, 1.82) is 0 Å². The van der Waals surface area contributed by atoms with E-state index in [1.165, 1.54) is 0 Å². The fourth-order valence-corrected chi connectivity index (χ4v) is 7.77. The SMILES string of the molecule is c1ccc(-c2nc(-c3ccccc3)nc(-c3ccc4ccc(-c5ccc(-n6c7ccccc7c7c(-c8nc9ccccc9o8)cccc76)cc5)cc4c3)n2)cc1. The normalized spacial score (nSPS) is 11.6. The van der Waals surface area contributed by atoms with Crippen LogP contribution in [0.5, 0.6) is 0 Å². The molecule has 0 aliphatic rings. The molecule has 0 amide bonds. The van der Waals surface area contributed by atoms with E-state index in [4.69, 9.17) is 24.4 Å². The second kappa shape index (κ2) is 13.0. The molecule has 3 heterocycles. The zero-order valence-corrected chi connectivity index (χ0v) is 30.0. The highest BCUT2D eigenvalue weighted by molar-refractivity contribution is 6.15. The molecule has 6 heteroatoms. The summed E-state index contributed by atoms with van der Waals surface area (Å²) in [5, 5.41) is 4.53. The molecule has 0 aliphatic carbocycles. The van der Waals surface area contributed by atoms with E-state index in [0.717, 1.165) is 82.7 Å². The van der Waals surface area contributed by atoms with Gasteiger partial charge in [0, 0.05) is 38.7 Å². The van der Waals surface area contributed by atoms with Gasteiger partial charge in [0.25, 0.3) is 0 Å². The monoisotopic (exact) mass is 717 g/mol. The minimum absolute atomic E-state index is 0.623. The fraction of sp³-hybridized carbons (Fsp3) is 0. The van der Waals surface area contributed by atoms with E-state index < -0.39 is 0 Å². The summed E-state index contributed by atoms with van der Waals surface area (Å²) in [6.45, 7) is 0. The van der Waals surface area contributed by atoms with Gasteiger partial charge in [-0.15, -0.1) is 0 Å². The lowest BCUT2D eigenvalue weighted by Crippen LogP contribution is -2.00. The number of para-hydroxylation sites is 3. The standard InChI is InChI=1S/C50H31N5O/c1-3-12-34(13-4-1)47-52-48(35-14-5-2-6-15-35)54-49(53-47)37-25-23-33-22-24-36(30-38(33)31-37)32-26-28-39(29-27-32)55-43-19-9-7-16-40(43)46-41(17-11-20-44(46)55)50-51-42-18-8-10-21-45(42)56-50/h1-31H. The molecule has 0 N–H and O–H groups in total. The van der Waals surface area contributed by atoms with Crippen LogP contribution in [0.1, 0.15) is 0 Å². The topological polar surface area (TPSA) is 69.6 Å². The van der Waals surface area contributed by atoms with E-state index in [0.29, 0.717) is 23.4 Å². The van der Waals surface area contributed by atoms with Crippen LogP contribution < -0.4 is 0 Å². The van der Waals surface area contributed by atoms with Crippen LogP contribution in [-0.4, -0.2) is 24.5 Å². The van der Waals surface area contributed by atoms with Gasteiger partial charge >= 0.3 is 0 Å². The molecule has 0 aliphatic heterocycles. The summed E-state index contributed by atoms with van der Waals surface area (Å²) in [5.41, 5.74) is 11.0. The van der Waals surface area contributed by atoms with Crippen molar-refractivity contribution in [2.75, 3.05) is 0 Å². The minimum Gasteiger partial charge on any atom is -0.436 e. The molecule has 0 atom stereocenters. The Balaban J connectivity index is 0.977. The van der Waals surface area contributed by atoms with Crippen molar-refractivity contribution >= 4 is 43.7 Å². The van der Waals surface area contributed by atoms with Crippen LogP contribution in [0.25, 0.3) is 106 Å². The van der Waals surface area contributed by atoms with Gasteiger partial charge in [0.1, 0.15) is 5.52 Å². The number of oxazole rings is 1. The molecule has 0 saturated heterocycles. The second-order valence-corrected chi connectivity index (χ2v) is 13.9. The fourth-order valence-electron chi connectivity index (χ4n) is 7.77. The Morgan fingerprint density at radius 3 is 1.71 bits per heavy atom. The number of rotatable bonds is 6. The van der Waals surface area contributed by atoms with E-state index in [1.54, 1.807) is 0 Å². The number of fused-ring (bicyclic) bond motifs is 5. The van der Waals surface area contributed by atoms with Gasteiger partial charge in [0.2, 0.25) is 5.89 Å². The number of benzene rings is 8. The summed E-state index contributed by atoms with van der Waals surface area (Å²) < 4.78 is 8.60. The number of hydrogen-bond donors (Lipinski definition) is 0. The molecule has 11 aromatic rings. The first-order chi connectivity index (χ1) is 27.7. The number of hydrogen-bond acceptors (Lipinski definition) is 5. The van der Waals surface area contributed by atoms with Gasteiger partial charge in [0.05, 0.1) is 11.0 Å². The van der Waals surface area contributed by atoms with Crippen molar-refractivity contribution in [2.45, 2.75) is 0 Å². The number of nitrogens with zero attached hydrogens (tertiary/aromatic N) is 5. The Labute approximate surface area is 322 Å². The van der Waals surface area contributed by atoms with E-state index >= 15 is 0 Å². The maximum absolute atomic E-state index is 6.27. The molecular weight excluding hydrogens is 687 g/mol. The quantitative estimate of drug-likeness (QED) is 0.171. The molecule has 262 valence electrons. The Morgan fingerprint density at radius 2 is 0.982 bits per heavy atom. The van der Waals surface area contributed by atoms with Gasteiger partial charge in [-0.05, 0) is 76.5 Å².